The topological polar surface area (TPSA) is 95.9 Å². The molecule has 0 saturated carbocycles. The van der Waals surface area contributed by atoms with Gasteiger partial charge in [0.15, 0.2) is 0 Å². The van der Waals surface area contributed by atoms with Gasteiger partial charge in [-0.05, 0) is 6.42 Å². The Hall–Kier alpha value is -1.15. The predicted molar refractivity (Wildman–Crippen MR) is 75.1 cm³/mol. The van der Waals surface area contributed by atoms with Crippen LogP contribution in [0, 0.1) is 0 Å². The lowest BCUT2D eigenvalue weighted by Crippen LogP contribution is -2.53. The summed E-state index contributed by atoms with van der Waals surface area (Å²) in [5, 5.41) is 11.6. The number of rotatable bonds is 6. The van der Waals surface area contributed by atoms with Gasteiger partial charge in [-0.15, -0.1) is 0 Å². The summed E-state index contributed by atoms with van der Waals surface area (Å²) in [6, 6.07) is -0.715. The van der Waals surface area contributed by atoms with Crippen molar-refractivity contribution in [1.29, 1.82) is 0 Å². The lowest BCUT2D eigenvalue weighted by Gasteiger charge is -2.34. The molecule has 20 heavy (non-hydrogen) atoms. The molecule has 3 unspecified atom stereocenters. The lowest BCUT2D eigenvalue weighted by atomic mass is 10.1. The zero-order valence-corrected chi connectivity index (χ0v) is 12.6. The molecule has 0 aliphatic carbocycles. The fourth-order valence-corrected chi connectivity index (χ4v) is 2.39. The maximum absolute atomic E-state index is 12.0. The van der Waals surface area contributed by atoms with Gasteiger partial charge in [0.2, 0.25) is 0 Å². The second-order valence-corrected chi connectivity index (χ2v) is 6.65. The highest BCUT2D eigenvalue weighted by Gasteiger charge is 2.28. The van der Waals surface area contributed by atoms with Gasteiger partial charge in [-0.25, -0.2) is 4.79 Å². The molecule has 0 radical (unpaired) electrons. The molecular weight excluding hydrogens is 284 g/mol. The van der Waals surface area contributed by atoms with E-state index in [4.69, 9.17) is 9.84 Å². The van der Waals surface area contributed by atoms with Crippen molar-refractivity contribution < 1.29 is 23.6 Å². The number of hydrogen-bond donors (Lipinski definition) is 2. The minimum absolute atomic E-state index is 0.0230. The van der Waals surface area contributed by atoms with Gasteiger partial charge in [0.05, 0.1) is 25.7 Å². The Morgan fingerprint density at radius 2 is 2.25 bits per heavy atom. The first-order valence-corrected chi connectivity index (χ1v) is 8.20. The number of nitrogens with zero attached hydrogens (tertiary/aromatic N) is 1. The monoisotopic (exact) mass is 306 g/mol. The van der Waals surface area contributed by atoms with Crippen LogP contribution in [0.1, 0.15) is 19.8 Å². The number of ether oxygens (including phenoxy) is 1. The third kappa shape index (κ3) is 5.46. The van der Waals surface area contributed by atoms with Gasteiger partial charge < -0.3 is 20.1 Å². The van der Waals surface area contributed by atoms with E-state index in [1.54, 1.807) is 6.26 Å². The molecule has 0 spiro atoms. The highest BCUT2D eigenvalue weighted by atomic mass is 32.2. The van der Waals surface area contributed by atoms with Crippen LogP contribution in [0.3, 0.4) is 0 Å². The number of urea groups is 1. The van der Waals surface area contributed by atoms with Crippen LogP contribution in [0.5, 0.6) is 0 Å². The molecule has 1 fully saturated rings. The summed E-state index contributed by atoms with van der Waals surface area (Å²) in [7, 11) is -0.907. The van der Waals surface area contributed by atoms with Gasteiger partial charge in [-0.2, -0.15) is 0 Å². The molecule has 1 rings (SSSR count). The number of aliphatic carboxylic acids is 1. The number of morpholine rings is 1. The summed E-state index contributed by atoms with van der Waals surface area (Å²) in [4.78, 5) is 24.3. The summed E-state index contributed by atoms with van der Waals surface area (Å²) in [6.07, 6.45) is 2.14. The third-order valence-electron chi connectivity index (χ3n) is 3.29. The Kier molecular flexibility index (Phi) is 6.94. The number of carbonyl (C=O) groups is 2. The smallest absolute Gasteiger partial charge is 0.317 e. The van der Waals surface area contributed by atoms with Crippen molar-refractivity contribution in [2.75, 3.05) is 32.6 Å². The van der Waals surface area contributed by atoms with Crippen LogP contribution in [-0.4, -0.2) is 70.1 Å². The molecule has 0 bridgehead atoms. The van der Waals surface area contributed by atoms with Crippen molar-refractivity contribution in [3.8, 4) is 0 Å². The van der Waals surface area contributed by atoms with Crippen molar-refractivity contribution in [2.45, 2.75) is 31.1 Å². The molecular formula is C12H22N2O5S. The van der Waals surface area contributed by atoms with Gasteiger partial charge >= 0.3 is 12.0 Å². The van der Waals surface area contributed by atoms with E-state index in [-0.39, 0.29) is 24.3 Å². The average molecular weight is 306 g/mol. The van der Waals surface area contributed by atoms with E-state index in [0.29, 0.717) is 26.1 Å². The average Bonchev–Trinajstić information content (AvgIpc) is 2.38. The molecule has 1 heterocycles. The summed E-state index contributed by atoms with van der Waals surface area (Å²) < 4.78 is 16.4. The summed E-state index contributed by atoms with van der Waals surface area (Å²) in [5.74, 6) is -0.951. The van der Waals surface area contributed by atoms with Crippen LogP contribution in [-0.2, 0) is 20.3 Å². The zero-order chi connectivity index (χ0) is 15.1. The van der Waals surface area contributed by atoms with Gasteiger partial charge in [0, 0.05) is 35.4 Å². The van der Waals surface area contributed by atoms with Crippen LogP contribution in [0.4, 0.5) is 4.79 Å². The molecule has 116 valence electrons. The van der Waals surface area contributed by atoms with Crippen LogP contribution < -0.4 is 5.32 Å². The van der Waals surface area contributed by atoms with Crippen molar-refractivity contribution in [3.05, 3.63) is 0 Å². The fraction of sp³-hybridized carbons (Fsp3) is 0.833. The number of nitrogens with one attached hydrogen (secondary N) is 1. The van der Waals surface area contributed by atoms with Gasteiger partial charge in [0.25, 0.3) is 0 Å². The Bertz CT molecular complexity index is 377. The van der Waals surface area contributed by atoms with E-state index in [2.05, 4.69) is 5.32 Å². The van der Waals surface area contributed by atoms with Crippen molar-refractivity contribution in [2.24, 2.45) is 0 Å². The van der Waals surface area contributed by atoms with E-state index >= 15 is 0 Å². The van der Waals surface area contributed by atoms with Crippen molar-refractivity contribution in [1.82, 2.24) is 10.2 Å². The van der Waals surface area contributed by atoms with E-state index < -0.39 is 22.8 Å². The van der Waals surface area contributed by atoms with Gasteiger partial charge in [-0.1, -0.05) is 6.92 Å². The standard InChI is InChI=1S/C12H22N2O5S/c1-9(20(2)18)3-4-13-12(17)14-5-6-19-8-10(14)7-11(15)16/h9-10H,3-8H2,1-2H3,(H,13,17)(H,15,16). The molecule has 1 aliphatic rings. The Labute approximate surface area is 121 Å². The second-order valence-electron chi connectivity index (χ2n) is 4.85. The minimum atomic E-state index is -0.951. The normalized spacial score (nSPS) is 22.1. The zero-order valence-electron chi connectivity index (χ0n) is 11.8. The largest absolute Gasteiger partial charge is 0.481 e. The maximum atomic E-state index is 12.0. The molecule has 2 N–H and O–H groups in total. The Morgan fingerprint density at radius 3 is 2.85 bits per heavy atom. The van der Waals surface area contributed by atoms with Crippen LogP contribution in [0.2, 0.25) is 0 Å². The van der Waals surface area contributed by atoms with Gasteiger partial charge in [-0.3, -0.25) is 9.00 Å². The van der Waals surface area contributed by atoms with E-state index in [1.807, 2.05) is 6.92 Å². The highest BCUT2D eigenvalue weighted by molar-refractivity contribution is 7.84. The van der Waals surface area contributed by atoms with Crippen molar-refractivity contribution >= 4 is 22.8 Å². The first kappa shape index (κ1) is 16.9. The molecule has 1 aliphatic heterocycles. The molecule has 3 atom stereocenters. The quantitative estimate of drug-likeness (QED) is 0.722. The highest BCUT2D eigenvalue weighted by Crippen LogP contribution is 2.11. The summed E-state index contributed by atoms with van der Waals surface area (Å²) in [6.45, 7) is 3.34. The number of carboxylic acids is 1. The van der Waals surface area contributed by atoms with Crippen LogP contribution in [0.15, 0.2) is 0 Å². The number of carbonyl (C=O) groups excluding carboxylic acids is 1. The number of amides is 2. The number of carboxylic acid groups (broad SMARTS) is 1. The molecule has 1 saturated heterocycles. The molecule has 0 aromatic heterocycles. The first-order valence-electron chi connectivity index (χ1n) is 6.58. The summed E-state index contributed by atoms with van der Waals surface area (Å²) in [5.41, 5.74) is 0. The van der Waals surface area contributed by atoms with Crippen LogP contribution in [0.25, 0.3) is 0 Å². The molecule has 0 aromatic carbocycles. The van der Waals surface area contributed by atoms with E-state index in [9.17, 15) is 13.8 Å². The molecule has 0 aromatic rings. The summed E-state index contributed by atoms with van der Waals surface area (Å²) >= 11 is 0. The second kappa shape index (κ2) is 8.21. The fourth-order valence-electron chi connectivity index (χ4n) is 1.94. The Balaban J connectivity index is 2.43. The Morgan fingerprint density at radius 1 is 1.55 bits per heavy atom. The third-order valence-corrected chi connectivity index (χ3v) is 4.66. The van der Waals surface area contributed by atoms with Crippen LogP contribution >= 0.6 is 0 Å². The SMILES string of the molecule is CC(CCNC(=O)N1CCOCC1CC(=O)O)S(C)=O. The van der Waals surface area contributed by atoms with Crippen molar-refractivity contribution in [3.63, 3.8) is 0 Å². The first-order chi connectivity index (χ1) is 9.41. The molecule has 8 heteroatoms. The van der Waals surface area contributed by atoms with E-state index in [0.717, 1.165) is 0 Å². The molecule has 2 amide bonds. The number of hydrogen-bond acceptors (Lipinski definition) is 4. The lowest BCUT2D eigenvalue weighted by molar-refractivity contribution is -0.139. The minimum Gasteiger partial charge on any atom is -0.481 e. The van der Waals surface area contributed by atoms with Gasteiger partial charge in [0.1, 0.15) is 0 Å². The predicted octanol–water partition coefficient (Wildman–Crippen LogP) is 0.0286. The maximum Gasteiger partial charge on any atom is 0.317 e. The molecule has 7 nitrogen and oxygen atoms in total. The van der Waals surface area contributed by atoms with E-state index in [1.165, 1.54) is 4.90 Å².